The van der Waals surface area contributed by atoms with Crippen molar-refractivity contribution in [3.05, 3.63) is 81.5 Å². The van der Waals surface area contributed by atoms with Gasteiger partial charge >= 0.3 is 0 Å². The number of aromatic nitrogens is 2. The first-order chi connectivity index (χ1) is 14.5. The number of amides is 1. The molecule has 2 aromatic heterocycles. The Morgan fingerprint density at radius 1 is 1.13 bits per heavy atom. The smallest absolute Gasteiger partial charge is 0.267 e. The molecule has 0 aliphatic heterocycles. The number of para-hydroxylation sites is 1. The van der Waals surface area contributed by atoms with Crippen molar-refractivity contribution in [2.75, 3.05) is 11.1 Å². The molecule has 0 bridgehead atoms. The molecule has 30 heavy (non-hydrogen) atoms. The van der Waals surface area contributed by atoms with Gasteiger partial charge in [-0.05, 0) is 49.2 Å². The summed E-state index contributed by atoms with van der Waals surface area (Å²) in [6, 6.07) is 19.0. The van der Waals surface area contributed by atoms with Crippen LogP contribution in [0.25, 0.3) is 15.9 Å². The lowest BCUT2D eigenvalue weighted by Crippen LogP contribution is -2.22. The molecule has 0 fully saturated rings. The molecule has 0 aliphatic rings. The van der Waals surface area contributed by atoms with Gasteiger partial charge < -0.3 is 5.32 Å². The molecule has 0 aliphatic carbocycles. The summed E-state index contributed by atoms with van der Waals surface area (Å²) in [4.78, 5) is 32.3. The van der Waals surface area contributed by atoms with E-state index >= 15 is 0 Å². The van der Waals surface area contributed by atoms with Crippen molar-refractivity contribution in [1.29, 1.82) is 0 Å². The molecule has 152 valence electrons. The highest BCUT2D eigenvalue weighted by atomic mass is 32.2. The van der Waals surface area contributed by atoms with E-state index < -0.39 is 0 Å². The average Bonchev–Trinajstić information content (AvgIpc) is 3.17. The van der Waals surface area contributed by atoms with E-state index in [0.717, 1.165) is 28.2 Å². The Bertz CT molecular complexity index is 1260. The van der Waals surface area contributed by atoms with E-state index in [1.807, 2.05) is 67.6 Å². The molecule has 1 N–H and O–H groups in total. The van der Waals surface area contributed by atoms with E-state index in [0.29, 0.717) is 15.4 Å². The zero-order valence-electron chi connectivity index (χ0n) is 16.7. The predicted octanol–water partition coefficient (Wildman–Crippen LogP) is 5.05. The van der Waals surface area contributed by atoms with E-state index in [2.05, 4.69) is 12.2 Å². The van der Waals surface area contributed by atoms with Crippen LogP contribution in [0.15, 0.2) is 70.6 Å². The van der Waals surface area contributed by atoms with Crippen LogP contribution in [0.2, 0.25) is 0 Å². The third-order valence-corrected chi connectivity index (χ3v) is 6.69. The number of anilines is 1. The molecule has 4 aromatic rings. The fourth-order valence-corrected chi connectivity index (χ4v) is 4.96. The second kappa shape index (κ2) is 8.85. The van der Waals surface area contributed by atoms with Gasteiger partial charge in [0.05, 0.1) is 16.8 Å². The lowest BCUT2D eigenvalue weighted by Gasteiger charge is -2.12. The maximum atomic E-state index is 13.3. The number of carbonyl (C=O) groups excluding carboxylic acids is 1. The Morgan fingerprint density at radius 2 is 1.93 bits per heavy atom. The van der Waals surface area contributed by atoms with Gasteiger partial charge in [-0.3, -0.25) is 14.2 Å². The summed E-state index contributed by atoms with van der Waals surface area (Å²) >= 11 is 2.80. The van der Waals surface area contributed by atoms with E-state index in [1.165, 1.54) is 23.1 Å². The molecular formula is C23H21N3O2S2. The van der Waals surface area contributed by atoms with Crippen molar-refractivity contribution in [2.24, 2.45) is 0 Å². The lowest BCUT2D eigenvalue weighted by atomic mass is 10.2. The van der Waals surface area contributed by atoms with Gasteiger partial charge in [0.15, 0.2) is 5.16 Å². The molecule has 1 amide bonds. The average molecular weight is 436 g/mol. The number of aryl methyl sites for hydroxylation is 2. The molecule has 4 rings (SSSR count). The van der Waals surface area contributed by atoms with Crippen molar-refractivity contribution in [3.8, 4) is 5.69 Å². The van der Waals surface area contributed by atoms with Crippen molar-refractivity contribution in [2.45, 2.75) is 25.4 Å². The zero-order valence-corrected chi connectivity index (χ0v) is 18.3. The van der Waals surface area contributed by atoms with Crippen molar-refractivity contribution < 1.29 is 4.79 Å². The van der Waals surface area contributed by atoms with Crippen LogP contribution in [0.4, 0.5) is 5.69 Å². The van der Waals surface area contributed by atoms with Gasteiger partial charge in [-0.2, -0.15) is 0 Å². The first-order valence-electron chi connectivity index (χ1n) is 9.65. The number of thioether (sulfide) groups is 1. The quantitative estimate of drug-likeness (QED) is 0.340. The molecule has 0 atom stereocenters. The molecule has 0 saturated heterocycles. The van der Waals surface area contributed by atoms with Gasteiger partial charge in [-0.25, -0.2) is 4.98 Å². The van der Waals surface area contributed by atoms with Gasteiger partial charge in [0.25, 0.3) is 5.56 Å². The number of rotatable bonds is 6. The topological polar surface area (TPSA) is 64.0 Å². The third kappa shape index (κ3) is 4.32. The molecular weight excluding hydrogens is 414 g/mol. The predicted molar refractivity (Wildman–Crippen MR) is 125 cm³/mol. The highest BCUT2D eigenvalue weighted by Crippen LogP contribution is 2.27. The number of hydrogen-bond acceptors (Lipinski definition) is 5. The third-order valence-electron chi connectivity index (χ3n) is 4.58. The molecule has 0 radical (unpaired) electrons. The number of fused-ring (bicyclic) bond motifs is 1. The van der Waals surface area contributed by atoms with E-state index in [4.69, 9.17) is 4.98 Å². The van der Waals surface area contributed by atoms with Crippen molar-refractivity contribution in [1.82, 2.24) is 9.55 Å². The Kier molecular flexibility index (Phi) is 6.01. The normalized spacial score (nSPS) is 11.0. The van der Waals surface area contributed by atoms with Gasteiger partial charge in [0.1, 0.15) is 4.83 Å². The Hall–Kier alpha value is -2.90. The van der Waals surface area contributed by atoms with Crippen LogP contribution >= 0.6 is 23.1 Å². The molecule has 2 heterocycles. The van der Waals surface area contributed by atoms with Gasteiger partial charge in [0.2, 0.25) is 5.91 Å². The number of nitrogens with one attached hydrogen (secondary N) is 1. The minimum atomic E-state index is -0.139. The van der Waals surface area contributed by atoms with E-state index in [1.54, 1.807) is 4.57 Å². The maximum absolute atomic E-state index is 13.3. The molecule has 0 saturated carbocycles. The fraction of sp³-hybridized carbons (Fsp3) is 0.174. The summed E-state index contributed by atoms with van der Waals surface area (Å²) in [6.45, 7) is 4.04. The Labute approximate surface area is 182 Å². The van der Waals surface area contributed by atoms with Gasteiger partial charge in [0, 0.05) is 10.6 Å². The maximum Gasteiger partial charge on any atom is 0.267 e. The second-order valence-electron chi connectivity index (χ2n) is 6.86. The number of benzene rings is 2. The van der Waals surface area contributed by atoms with Crippen LogP contribution in [0.3, 0.4) is 0 Å². The van der Waals surface area contributed by atoms with Crippen LogP contribution in [-0.2, 0) is 11.2 Å². The summed E-state index contributed by atoms with van der Waals surface area (Å²) < 4.78 is 1.60. The monoisotopic (exact) mass is 435 g/mol. The fourth-order valence-electron chi connectivity index (χ4n) is 3.14. The number of hydrogen-bond donors (Lipinski definition) is 1. The van der Waals surface area contributed by atoms with Gasteiger partial charge in [-0.15, -0.1) is 11.3 Å². The minimum absolute atomic E-state index is 0.108. The summed E-state index contributed by atoms with van der Waals surface area (Å²) in [5.41, 5.74) is 2.47. The van der Waals surface area contributed by atoms with Crippen LogP contribution in [-0.4, -0.2) is 21.2 Å². The SMILES string of the molecule is CCc1cc2c(=O)n(-c3ccccc3)c(SCC(=O)Nc3cccc(C)c3)nc2s1. The highest BCUT2D eigenvalue weighted by Gasteiger charge is 2.17. The largest absolute Gasteiger partial charge is 0.325 e. The van der Waals surface area contributed by atoms with Crippen molar-refractivity contribution >= 4 is 44.9 Å². The van der Waals surface area contributed by atoms with Crippen LogP contribution in [0.5, 0.6) is 0 Å². The highest BCUT2D eigenvalue weighted by molar-refractivity contribution is 7.99. The Balaban J connectivity index is 1.66. The number of carbonyl (C=O) groups is 1. The molecule has 0 unspecified atom stereocenters. The first-order valence-corrected chi connectivity index (χ1v) is 11.5. The van der Waals surface area contributed by atoms with Crippen LogP contribution in [0, 0.1) is 6.92 Å². The van der Waals surface area contributed by atoms with Crippen LogP contribution in [0.1, 0.15) is 17.4 Å². The van der Waals surface area contributed by atoms with Crippen LogP contribution < -0.4 is 10.9 Å². The first kappa shape index (κ1) is 20.4. The van der Waals surface area contributed by atoms with Crippen molar-refractivity contribution in [3.63, 3.8) is 0 Å². The molecule has 2 aromatic carbocycles. The van der Waals surface area contributed by atoms with Gasteiger partial charge in [-0.1, -0.05) is 49.0 Å². The minimum Gasteiger partial charge on any atom is -0.325 e. The summed E-state index contributed by atoms with van der Waals surface area (Å²) in [5, 5.41) is 4.04. The summed E-state index contributed by atoms with van der Waals surface area (Å²) in [6.07, 6.45) is 0.854. The lowest BCUT2D eigenvalue weighted by molar-refractivity contribution is -0.113. The molecule has 5 nitrogen and oxygen atoms in total. The standard InChI is InChI=1S/C23H21N3O2S2/c1-3-18-13-19-21(30-18)25-23(26(22(19)28)17-10-5-4-6-11-17)29-14-20(27)24-16-9-7-8-15(2)12-16/h4-13H,3,14H2,1-2H3,(H,24,27). The molecule has 0 spiro atoms. The number of nitrogens with zero attached hydrogens (tertiary/aromatic N) is 2. The number of thiophene rings is 1. The zero-order chi connectivity index (χ0) is 21.1. The summed E-state index contributed by atoms with van der Waals surface area (Å²) in [5.74, 6) is 0.0186. The second-order valence-corrected chi connectivity index (χ2v) is 8.92. The van der Waals surface area contributed by atoms with E-state index in [-0.39, 0.29) is 17.2 Å². The summed E-state index contributed by atoms with van der Waals surface area (Å²) in [7, 11) is 0. The Morgan fingerprint density at radius 3 is 2.67 bits per heavy atom. The molecule has 7 heteroatoms. The van der Waals surface area contributed by atoms with E-state index in [9.17, 15) is 9.59 Å².